The number of nitrogens with zero attached hydrogens (tertiary/aromatic N) is 1. The van der Waals surface area contributed by atoms with Crippen LogP contribution < -0.4 is 0 Å². The summed E-state index contributed by atoms with van der Waals surface area (Å²) in [5, 5.41) is 0.917. The summed E-state index contributed by atoms with van der Waals surface area (Å²) in [6, 6.07) is 6.97. The fourth-order valence-electron chi connectivity index (χ4n) is 2.20. The lowest BCUT2D eigenvalue weighted by Crippen LogP contribution is -2.18. The zero-order valence-corrected chi connectivity index (χ0v) is 12.6. The highest BCUT2D eigenvalue weighted by molar-refractivity contribution is 5.83. The van der Waals surface area contributed by atoms with Crippen molar-refractivity contribution < 1.29 is 4.39 Å². The van der Waals surface area contributed by atoms with E-state index in [-0.39, 0.29) is 16.6 Å². The van der Waals surface area contributed by atoms with Gasteiger partial charge >= 0.3 is 0 Å². The second kappa shape index (κ2) is 4.29. The van der Waals surface area contributed by atoms with Crippen molar-refractivity contribution in [2.75, 3.05) is 0 Å². The van der Waals surface area contributed by atoms with Crippen molar-refractivity contribution in [1.82, 2.24) is 4.98 Å². The van der Waals surface area contributed by atoms with Crippen molar-refractivity contribution in [2.24, 2.45) is 0 Å². The molecule has 0 radical (unpaired) electrons. The molecule has 0 unspecified atom stereocenters. The average Bonchev–Trinajstić information content (AvgIpc) is 2.24. The second-order valence-electron chi connectivity index (χ2n) is 7.22. The van der Waals surface area contributed by atoms with Crippen molar-refractivity contribution in [3.8, 4) is 0 Å². The van der Waals surface area contributed by atoms with E-state index >= 15 is 0 Å². The highest BCUT2D eigenvalue weighted by Gasteiger charge is 2.23. The molecule has 0 bridgehead atoms. The van der Waals surface area contributed by atoms with Crippen LogP contribution in [0, 0.1) is 5.82 Å². The topological polar surface area (TPSA) is 12.9 Å². The zero-order chi connectivity index (χ0) is 14.4. The van der Waals surface area contributed by atoms with Crippen molar-refractivity contribution >= 4 is 10.9 Å². The van der Waals surface area contributed by atoms with Crippen LogP contribution >= 0.6 is 0 Å². The summed E-state index contributed by atoms with van der Waals surface area (Å²) in [5.41, 5.74) is 3.04. The molecular formula is C17H22FN. The molecule has 2 rings (SSSR count). The van der Waals surface area contributed by atoms with Crippen LogP contribution in [0.2, 0.25) is 0 Å². The normalized spacial score (nSPS) is 13.0. The minimum Gasteiger partial charge on any atom is -0.252 e. The zero-order valence-electron chi connectivity index (χ0n) is 12.6. The van der Waals surface area contributed by atoms with Gasteiger partial charge in [-0.2, -0.15) is 0 Å². The van der Waals surface area contributed by atoms with E-state index in [1.165, 1.54) is 6.07 Å². The van der Waals surface area contributed by atoms with E-state index in [1.807, 2.05) is 0 Å². The van der Waals surface area contributed by atoms with Gasteiger partial charge in [0.25, 0.3) is 0 Å². The van der Waals surface area contributed by atoms with Gasteiger partial charge in [0.05, 0.1) is 5.52 Å². The standard InChI is InChI=1S/C17H22FN/c1-16(2,3)13-10-15(17(4,5)6)19-14-8-7-11(18)9-12(13)14/h7-10H,1-6H3. The van der Waals surface area contributed by atoms with Gasteiger partial charge in [0, 0.05) is 16.5 Å². The van der Waals surface area contributed by atoms with Gasteiger partial charge in [-0.15, -0.1) is 0 Å². The van der Waals surface area contributed by atoms with E-state index in [4.69, 9.17) is 4.98 Å². The van der Waals surface area contributed by atoms with Crippen LogP contribution in [0.3, 0.4) is 0 Å². The molecule has 1 aromatic heterocycles. The van der Waals surface area contributed by atoms with Gasteiger partial charge in [-0.1, -0.05) is 41.5 Å². The van der Waals surface area contributed by atoms with E-state index < -0.39 is 0 Å². The van der Waals surface area contributed by atoms with Crippen LogP contribution in [0.25, 0.3) is 10.9 Å². The molecule has 0 aliphatic rings. The molecule has 0 aliphatic carbocycles. The average molecular weight is 259 g/mol. The highest BCUT2D eigenvalue weighted by atomic mass is 19.1. The molecule has 19 heavy (non-hydrogen) atoms. The van der Waals surface area contributed by atoms with Crippen LogP contribution in [0.5, 0.6) is 0 Å². The molecule has 0 fully saturated rings. The first-order chi connectivity index (χ1) is 8.59. The van der Waals surface area contributed by atoms with E-state index in [9.17, 15) is 4.39 Å². The van der Waals surface area contributed by atoms with Gasteiger partial charge < -0.3 is 0 Å². The molecule has 0 amide bonds. The molecule has 1 heterocycles. The number of benzene rings is 1. The predicted molar refractivity (Wildman–Crippen MR) is 79.1 cm³/mol. The van der Waals surface area contributed by atoms with Crippen LogP contribution in [0.1, 0.15) is 52.8 Å². The van der Waals surface area contributed by atoms with Gasteiger partial charge in [-0.05, 0) is 35.2 Å². The molecule has 1 aromatic carbocycles. The molecule has 0 atom stereocenters. The minimum atomic E-state index is -0.205. The molecule has 0 spiro atoms. The third kappa shape index (κ3) is 2.78. The molecule has 0 saturated carbocycles. The number of rotatable bonds is 0. The van der Waals surface area contributed by atoms with Gasteiger partial charge in [0.15, 0.2) is 0 Å². The lowest BCUT2D eigenvalue weighted by atomic mass is 9.81. The molecule has 0 N–H and O–H groups in total. The van der Waals surface area contributed by atoms with Gasteiger partial charge in [-0.25, -0.2) is 4.39 Å². The third-order valence-electron chi connectivity index (χ3n) is 3.35. The predicted octanol–water partition coefficient (Wildman–Crippen LogP) is 4.97. The van der Waals surface area contributed by atoms with E-state index in [2.05, 4.69) is 47.6 Å². The summed E-state index contributed by atoms with van der Waals surface area (Å²) < 4.78 is 13.5. The Morgan fingerprint density at radius 3 is 2.05 bits per heavy atom. The Morgan fingerprint density at radius 1 is 0.895 bits per heavy atom. The van der Waals surface area contributed by atoms with Crippen LogP contribution in [-0.4, -0.2) is 4.98 Å². The Morgan fingerprint density at radius 2 is 1.53 bits per heavy atom. The quantitative estimate of drug-likeness (QED) is 0.651. The fourth-order valence-corrected chi connectivity index (χ4v) is 2.20. The molecular weight excluding hydrogens is 237 g/mol. The Labute approximate surface area is 114 Å². The first-order valence-corrected chi connectivity index (χ1v) is 6.70. The Hall–Kier alpha value is -1.44. The Bertz CT molecular complexity index is 615. The summed E-state index contributed by atoms with van der Waals surface area (Å²) >= 11 is 0. The number of pyridine rings is 1. The van der Waals surface area contributed by atoms with Gasteiger partial charge in [0.2, 0.25) is 0 Å². The van der Waals surface area contributed by atoms with E-state index in [0.29, 0.717) is 0 Å². The van der Waals surface area contributed by atoms with Crippen LogP contribution in [0.4, 0.5) is 4.39 Å². The van der Waals surface area contributed by atoms with Crippen LogP contribution in [0.15, 0.2) is 24.3 Å². The maximum atomic E-state index is 13.5. The molecule has 2 aromatic rings. The third-order valence-corrected chi connectivity index (χ3v) is 3.35. The van der Waals surface area contributed by atoms with Crippen molar-refractivity contribution in [3.05, 3.63) is 41.3 Å². The number of hydrogen-bond acceptors (Lipinski definition) is 1. The summed E-state index contributed by atoms with van der Waals surface area (Å²) in [6.45, 7) is 12.9. The second-order valence-corrected chi connectivity index (χ2v) is 7.22. The molecule has 1 nitrogen and oxygen atoms in total. The summed E-state index contributed by atoms with van der Waals surface area (Å²) in [6.07, 6.45) is 0. The minimum absolute atomic E-state index is 0.0113. The molecule has 0 saturated heterocycles. The Kier molecular flexibility index (Phi) is 3.16. The van der Waals surface area contributed by atoms with E-state index in [1.54, 1.807) is 12.1 Å². The Balaban J connectivity index is 2.85. The maximum Gasteiger partial charge on any atom is 0.123 e. The number of hydrogen-bond donors (Lipinski definition) is 0. The lowest BCUT2D eigenvalue weighted by molar-refractivity contribution is 0.557. The summed E-state index contributed by atoms with van der Waals surface area (Å²) in [7, 11) is 0. The maximum absolute atomic E-state index is 13.5. The number of fused-ring (bicyclic) bond motifs is 1. The summed E-state index contributed by atoms with van der Waals surface area (Å²) in [4.78, 5) is 4.70. The van der Waals surface area contributed by atoms with Crippen LogP contribution in [-0.2, 0) is 10.8 Å². The fraction of sp³-hybridized carbons (Fsp3) is 0.471. The summed E-state index contributed by atoms with van der Waals surface area (Å²) in [5.74, 6) is -0.205. The van der Waals surface area contributed by atoms with Crippen molar-refractivity contribution in [2.45, 2.75) is 52.4 Å². The monoisotopic (exact) mass is 259 g/mol. The molecule has 2 heteroatoms. The molecule has 0 aliphatic heterocycles. The van der Waals surface area contributed by atoms with Gasteiger partial charge in [-0.3, -0.25) is 4.98 Å². The first-order valence-electron chi connectivity index (χ1n) is 6.70. The smallest absolute Gasteiger partial charge is 0.123 e. The largest absolute Gasteiger partial charge is 0.252 e. The van der Waals surface area contributed by atoms with Crippen molar-refractivity contribution in [3.63, 3.8) is 0 Å². The first kappa shape index (κ1) is 14.0. The number of halogens is 1. The van der Waals surface area contributed by atoms with Gasteiger partial charge in [0.1, 0.15) is 5.82 Å². The number of aromatic nitrogens is 1. The molecule has 102 valence electrons. The van der Waals surface area contributed by atoms with Crippen molar-refractivity contribution in [1.29, 1.82) is 0 Å². The lowest BCUT2D eigenvalue weighted by Gasteiger charge is -2.26. The SMILES string of the molecule is CC(C)(C)c1cc(C(C)(C)C)c2cc(F)ccc2n1. The van der Waals surface area contributed by atoms with E-state index in [0.717, 1.165) is 22.2 Å². The highest BCUT2D eigenvalue weighted by Crippen LogP contribution is 2.33.